The van der Waals surface area contributed by atoms with Crippen molar-refractivity contribution < 1.29 is 19.5 Å². The lowest BCUT2D eigenvalue weighted by molar-refractivity contribution is -0.151. The number of allylic oxidation sites excluding steroid dienone is 2. The van der Waals surface area contributed by atoms with Gasteiger partial charge in [0, 0.05) is 6.04 Å². The number of carboxylic acid groups (broad SMARTS) is 1. The molecule has 7 heteroatoms. The fourth-order valence-corrected chi connectivity index (χ4v) is 5.59. The van der Waals surface area contributed by atoms with Crippen molar-refractivity contribution in [2.45, 2.75) is 44.6 Å². The fraction of sp³-hybridized carbons (Fsp3) is 0.550. The summed E-state index contributed by atoms with van der Waals surface area (Å²) < 4.78 is 0. The van der Waals surface area contributed by atoms with Gasteiger partial charge in [0.25, 0.3) is 5.91 Å². The summed E-state index contributed by atoms with van der Waals surface area (Å²) in [5.41, 5.74) is 0.462. The van der Waals surface area contributed by atoms with E-state index >= 15 is 0 Å². The molecule has 0 unspecified atom stereocenters. The fourth-order valence-electron chi connectivity index (χ4n) is 4.80. The lowest BCUT2D eigenvalue weighted by atomic mass is 9.62. The maximum absolute atomic E-state index is 13.0. The van der Waals surface area contributed by atoms with Crippen LogP contribution in [0.4, 0.5) is 5.00 Å². The first kappa shape index (κ1) is 18.2. The van der Waals surface area contributed by atoms with Crippen LogP contribution in [0, 0.1) is 23.7 Å². The minimum Gasteiger partial charge on any atom is -0.481 e. The summed E-state index contributed by atoms with van der Waals surface area (Å²) in [6.07, 6.45) is 9.84. The van der Waals surface area contributed by atoms with Gasteiger partial charge in [-0.2, -0.15) is 0 Å². The van der Waals surface area contributed by atoms with Gasteiger partial charge in [0.15, 0.2) is 0 Å². The van der Waals surface area contributed by atoms with Gasteiger partial charge in [0.2, 0.25) is 5.91 Å². The molecule has 27 heavy (non-hydrogen) atoms. The number of hydrogen-bond acceptors (Lipinski definition) is 4. The van der Waals surface area contributed by atoms with Gasteiger partial charge in [0.05, 0.1) is 17.4 Å². The summed E-state index contributed by atoms with van der Waals surface area (Å²) in [6, 6.07) is 1.92. The standard InChI is InChI=1S/C20H24N2O4S/c23-17(21-13-3-1-2-4-13)14-9-10-27-19(14)22-18(24)15-11-5-7-12(8-6-11)16(15)20(25)26/h5,7,9-13,15-16H,1-4,6,8H2,(H,21,23)(H,22,24)(H,25,26)/t11-,12+,15-,16-/m0/s1. The molecule has 1 aromatic heterocycles. The van der Waals surface area contributed by atoms with E-state index in [2.05, 4.69) is 10.6 Å². The average Bonchev–Trinajstić information content (AvgIpc) is 3.33. The highest BCUT2D eigenvalue weighted by molar-refractivity contribution is 7.14. The van der Waals surface area contributed by atoms with Gasteiger partial charge in [0.1, 0.15) is 5.00 Å². The molecule has 0 radical (unpaired) electrons. The summed E-state index contributed by atoms with van der Waals surface area (Å²) in [6.45, 7) is 0. The largest absolute Gasteiger partial charge is 0.481 e. The maximum atomic E-state index is 13.0. The van der Waals surface area contributed by atoms with Crippen LogP contribution in [0.5, 0.6) is 0 Å². The summed E-state index contributed by atoms with van der Waals surface area (Å²) in [5.74, 6) is -2.79. The first-order valence-corrected chi connectivity index (χ1v) is 10.5. The van der Waals surface area contributed by atoms with Crippen molar-refractivity contribution in [2.24, 2.45) is 23.7 Å². The number of rotatable bonds is 5. The Hall–Kier alpha value is -2.15. The van der Waals surface area contributed by atoms with Crippen LogP contribution in [0.3, 0.4) is 0 Å². The molecule has 6 nitrogen and oxygen atoms in total. The van der Waals surface area contributed by atoms with Crippen LogP contribution in [0.15, 0.2) is 23.6 Å². The highest BCUT2D eigenvalue weighted by Crippen LogP contribution is 2.45. The molecule has 3 N–H and O–H groups in total. The van der Waals surface area contributed by atoms with E-state index in [1.54, 1.807) is 11.4 Å². The second-order valence-corrected chi connectivity index (χ2v) is 8.70. The van der Waals surface area contributed by atoms with E-state index in [0.29, 0.717) is 10.6 Å². The van der Waals surface area contributed by atoms with Crippen molar-refractivity contribution in [2.75, 3.05) is 5.32 Å². The molecule has 2 saturated carbocycles. The van der Waals surface area contributed by atoms with E-state index in [1.165, 1.54) is 11.3 Å². The van der Waals surface area contributed by atoms with E-state index in [4.69, 9.17) is 0 Å². The highest BCUT2D eigenvalue weighted by atomic mass is 32.1. The van der Waals surface area contributed by atoms with Crippen molar-refractivity contribution in [3.8, 4) is 0 Å². The Morgan fingerprint density at radius 1 is 1.00 bits per heavy atom. The van der Waals surface area contributed by atoms with Crippen LogP contribution < -0.4 is 10.6 Å². The van der Waals surface area contributed by atoms with Crippen molar-refractivity contribution in [1.82, 2.24) is 5.32 Å². The van der Waals surface area contributed by atoms with Crippen LogP contribution in [0.2, 0.25) is 0 Å². The number of aliphatic carboxylic acids is 1. The van der Waals surface area contributed by atoms with E-state index in [-0.39, 0.29) is 29.7 Å². The van der Waals surface area contributed by atoms with Gasteiger partial charge < -0.3 is 15.7 Å². The zero-order valence-electron chi connectivity index (χ0n) is 15.0. The Morgan fingerprint density at radius 3 is 2.30 bits per heavy atom. The quantitative estimate of drug-likeness (QED) is 0.675. The molecule has 1 aromatic rings. The topological polar surface area (TPSA) is 95.5 Å². The molecule has 0 spiro atoms. The van der Waals surface area contributed by atoms with Crippen LogP contribution in [0.1, 0.15) is 48.9 Å². The van der Waals surface area contributed by atoms with Gasteiger partial charge in [-0.1, -0.05) is 25.0 Å². The minimum atomic E-state index is -0.917. The first-order valence-electron chi connectivity index (χ1n) is 9.65. The lowest BCUT2D eigenvalue weighted by Gasteiger charge is -2.41. The third-order valence-electron chi connectivity index (χ3n) is 6.17. The van der Waals surface area contributed by atoms with Gasteiger partial charge >= 0.3 is 5.97 Å². The smallest absolute Gasteiger partial charge is 0.307 e. The van der Waals surface area contributed by atoms with E-state index in [1.807, 2.05) is 12.2 Å². The molecule has 0 saturated heterocycles. The second-order valence-electron chi connectivity index (χ2n) is 7.79. The van der Waals surface area contributed by atoms with Crippen LogP contribution in [-0.4, -0.2) is 28.9 Å². The number of fused-ring (bicyclic) bond motifs is 2. The predicted molar refractivity (Wildman–Crippen MR) is 103 cm³/mol. The number of thiophene rings is 1. The van der Waals surface area contributed by atoms with Crippen molar-refractivity contribution >= 4 is 34.1 Å². The number of carbonyl (C=O) groups is 3. The highest BCUT2D eigenvalue weighted by Gasteiger charge is 2.48. The number of carboxylic acids is 1. The van der Waals surface area contributed by atoms with Crippen molar-refractivity contribution in [3.63, 3.8) is 0 Å². The first-order chi connectivity index (χ1) is 13.0. The number of carbonyl (C=O) groups excluding carboxylic acids is 2. The van der Waals surface area contributed by atoms with Crippen molar-refractivity contribution in [3.05, 3.63) is 29.2 Å². The molecule has 1 heterocycles. The summed E-state index contributed by atoms with van der Waals surface area (Å²) in [4.78, 5) is 37.3. The van der Waals surface area contributed by atoms with E-state index in [9.17, 15) is 19.5 Å². The lowest BCUT2D eigenvalue weighted by Crippen LogP contribution is -2.47. The predicted octanol–water partition coefficient (Wildman–Crippen LogP) is 3.27. The Labute approximate surface area is 162 Å². The molecule has 144 valence electrons. The minimum absolute atomic E-state index is 0.0492. The van der Waals surface area contributed by atoms with E-state index in [0.717, 1.165) is 38.5 Å². The molecule has 0 aliphatic heterocycles. The molecule has 0 aromatic carbocycles. The molecule has 2 bridgehead atoms. The number of anilines is 1. The summed E-state index contributed by atoms with van der Waals surface area (Å²) in [7, 11) is 0. The zero-order chi connectivity index (χ0) is 19.0. The van der Waals surface area contributed by atoms with Gasteiger partial charge in [-0.25, -0.2) is 0 Å². The molecule has 4 aliphatic rings. The molecule has 4 aliphatic carbocycles. The Kier molecular flexibility index (Phi) is 5.04. The number of nitrogens with one attached hydrogen (secondary N) is 2. The number of hydrogen-bond donors (Lipinski definition) is 3. The molecule has 4 atom stereocenters. The van der Waals surface area contributed by atoms with Gasteiger partial charge in [-0.05, 0) is 49.0 Å². The van der Waals surface area contributed by atoms with Gasteiger partial charge in [-0.3, -0.25) is 14.4 Å². The Balaban J connectivity index is 1.48. The third kappa shape index (κ3) is 3.52. The Bertz CT molecular complexity index is 781. The zero-order valence-corrected chi connectivity index (χ0v) is 15.8. The van der Waals surface area contributed by atoms with Gasteiger partial charge in [-0.15, -0.1) is 11.3 Å². The maximum Gasteiger partial charge on any atom is 0.307 e. The number of amides is 2. The SMILES string of the molecule is O=C(NC1CCCC1)c1ccsc1NC(=O)[C@@H]1[C@@H](C(=O)O)[C@@H]2C=C[C@H]1CC2. The van der Waals surface area contributed by atoms with Crippen LogP contribution in [-0.2, 0) is 9.59 Å². The monoisotopic (exact) mass is 388 g/mol. The molecular formula is C20H24N2O4S. The summed E-state index contributed by atoms with van der Waals surface area (Å²) in [5, 5.41) is 17.8. The third-order valence-corrected chi connectivity index (χ3v) is 7.00. The molecule has 2 amide bonds. The second kappa shape index (κ2) is 7.46. The molecule has 5 rings (SSSR count). The molecule has 2 fully saturated rings. The van der Waals surface area contributed by atoms with Crippen molar-refractivity contribution in [1.29, 1.82) is 0 Å². The van der Waals surface area contributed by atoms with Crippen LogP contribution >= 0.6 is 11.3 Å². The van der Waals surface area contributed by atoms with E-state index < -0.39 is 17.8 Å². The normalized spacial score (nSPS) is 29.6. The average molecular weight is 388 g/mol. The molecular weight excluding hydrogens is 364 g/mol. The Morgan fingerprint density at radius 2 is 1.67 bits per heavy atom. The summed E-state index contributed by atoms with van der Waals surface area (Å²) >= 11 is 1.30. The van der Waals surface area contributed by atoms with Crippen LogP contribution in [0.25, 0.3) is 0 Å².